The number of hydrogen-bond acceptors (Lipinski definition) is 2. The molecule has 3 nitrogen and oxygen atoms in total. The van der Waals surface area contributed by atoms with Gasteiger partial charge in [0.1, 0.15) is 0 Å². The smallest absolute Gasteiger partial charge is 0.306 e. The first-order valence-corrected chi connectivity index (χ1v) is 8.21. The highest BCUT2D eigenvalue weighted by Crippen LogP contribution is 2.31. The molecule has 0 saturated heterocycles. The molecule has 1 rings (SSSR count). The van der Waals surface area contributed by atoms with Gasteiger partial charge in [0.05, 0.1) is 5.92 Å². The van der Waals surface area contributed by atoms with Gasteiger partial charge in [-0.25, -0.2) is 0 Å². The van der Waals surface area contributed by atoms with Crippen molar-refractivity contribution in [1.29, 1.82) is 0 Å². The number of unbranched alkanes of at least 4 members (excludes halogenated alkanes) is 4. The van der Waals surface area contributed by atoms with E-state index < -0.39 is 5.97 Å². The first kappa shape index (κ1) is 17.2. The number of aliphatic carboxylic acids is 1. The number of carbonyl (C=O) groups is 1. The van der Waals surface area contributed by atoms with Crippen LogP contribution < -0.4 is 0 Å². The monoisotopic (exact) mass is 282 g/mol. The van der Waals surface area contributed by atoms with Gasteiger partial charge in [-0.2, -0.15) is 0 Å². The number of carboxylic acid groups (broad SMARTS) is 1. The van der Waals surface area contributed by atoms with Crippen molar-refractivity contribution < 1.29 is 15.0 Å². The predicted molar refractivity (Wildman–Crippen MR) is 81.6 cm³/mol. The van der Waals surface area contributed by atoms with Crippen molar-refractivity contribution in [3.63, 3.8) is 0 Å². The fraction of sp³-hybridized carbons (Fsp3) is 0.824. The lowest BCUT2D eigenvalue weighted by atomic mass is 9.86. The average molecular weight is 282 g/mol. The minimum Gasteiger partial charge on any atom is -0.481 e. The van der Waals surface area contributed by atoms with Crippen LogP contribution in [0.4, 0.5) is 0 Å². The second kappa shape index (κ2) is 9.98. The van der Waals surface area contributed by atoms with Crippen LogP contribution in [0.3, 0.4) is 0 Å². The second-order valence-electron chi connectivity index (χ2n) is 6.02. The summed E-state index contributed by atoms with van der Waals surface area (Å²) in [6.07, 6.45) is 12.6. The third kappa shape index (κ3) is 6.08. The fourth-order valence-electron chi connectivity index (χ4n) is 3.09. The normalized spacial score (nSPS) is 17.8. The van der Waals surface area contributed by atoms with Crippen LogP contribution in [0, 0.1) is 11.8 Å². The van der Waals surface area contributed by atoms with Gasteiger partial charge in [0.15, 0.2) is 0 Å². The van der Waals surface area contributed by atoms with E-state index in [1.165, 1.54) is 24.8 Å². The van der Waals surface area contributed by atoms with E-state index in [-0.39, 0.29) is 18.4 Å². The average Bonchev–Trinajstić information content (AvgIpc) is 2.95. The van der Waals surface area contributed by atoms with Crippen molar-refractivity contribution in [2.75, 3.05) is 6.61 Å². The Morgan fingerprint density at radius 2 is 2.05 bits per heavy atom. The molecule has 116 valence electrons. The van der Waals surface area contributed by atoms with Crippen molar-refractivity contribution in [2.24, 2.45) is 11.8 Å². The van der Waals surface area contributed by atoms with E-state index in [0.29, 0.717) is 6.42 Å². The van der Waals surface area contributed by atoms with Gasteiger partial charge >= 0.3 is 5.97 Å². The molecule has 0 aromatic rings. The summed E-state index contributed by atoms with van der Waals surface area (Å²) < 4.78 is 0. The van der Waals surface area contributed by atoms with E-state index in [1.807, 2.05) is 0 Å². The van der Waals surface area contributed by atoms with Crippen LogP contribution in [0.15, 0.2) is 11.6 Å². The zero-order valence-electron chi connectivity index (χ0n) is 12.8. The van der Waals surface area contributed by atoms with E-state index >= 15 is 0 Å². The summed E-state index contributed by atoms with van der Waals surface area (Å²) in [5, 5.41) is 18.9. The minimum absolute atomic E-state index is 0.0641. The summed E-state index contributed by atoms with van der Waals surface area (Å²) in [5.41, 5.74) is 1.28. The van der Waals surface area contributed by atoms with Crippen LogP contribution in [-0.4, -0.2) is 22.8 Å². The van der Waals surface area contributed by atoms with Gasteiger partial charge in [0.25, 0.3) is 0 Å². The molecule has 1 aliphatic carbocycles. The van der Waals surface area contributed by atoms with Gasteiger partial charge in [-0.15, -0.1) is 0 Å². The van der Waals surface area contributed by atoms with Crippen LogP contribution in [0.25, 0.3) is 0 Å². The summed E-state index contributed by atoms with van der Waals surface area (Å²) in [7, 11) is 0. The summed E-state index contributed by atoms with van der Waals surface area (Å²) in [6, 6.07) is 0. The van der Waals surface area contributed by atoms with Gasteiger partial charge in [-0.3, -0.25) is 4.79 Å². The molecule has 0 aromatic heterocycles. The Morgan fingerprint density at radius 1 is 1.30 bits per heavy atom. The molecular weight excluding hydrogens is 252 g/mol. The molecule has 2 atom stereocenters. The van der Waals surface area contributed by atoms with Crippen LogP contribution in [0.1, 0.15) is 71.1 Å². The molecule has 3 heteroatoms. The van der Waals surface area contributed by atoms with E-state index in [9.17, 15) is 15.0 Å². The first-order valence-electron chi connectivity index (χ1n) is 8.21. The van der Waals surface area contributed by atoms with Crippen molar-refractivity contribution in [2.45, 2.75) is 71.1 Å². The highest BCUT2D eigenvalue weighted by atomic mass is 16.4. The van der Waals surface area contributed by atoms with Crippen molar-refractivity contribution in [1.82, 2.24) is 0 Å². The Balaban J connectivity index is 2.38. The van der Waals surface area contributed by atoms with Crippen molar-refractivity contribution in [3.8, 4) is 0 Å². The highest BCUT2D eigenvalue weighted by Gasteiger charge is 2.25. The van der Waals surface area contributed by atoms with E-state index in [2.05, 4.69) is 13.0 Å². The Morgan fingerprint density at radius 3 is 2.60 bits per heavy atom. The Labute approximate surface area is 123 Å². The van der Waals surface area contributed by atoms with Gasteiger partial charge in [0, 0.05) is 12.5 Å². The predicted octanol–water partition coefficient (Wildman–Crippen LogP) is 4.16. The van der Waals surface area contributed by atoms with Gasteiger partial charge in [0.2, 0.25) is 0 Å². The highest BCUT2D eigenvalue weighted by molar-refractivity contribution is 5.70. The first-order chi connectivity index (χ1) is 9.69. The number of hydrogen-bond donors (Lipinski definition) is 2. The third-order valence-corrected chi connectivity index (χ3v) is 4.40. The summed E-state index contributed by atoms with van der Waals surface area (Å²) >= 11 is 0. The maximum Gasteiger partial charge on any atom is 0.306 e. The topological polar surface area (TPSA) is 57.5 Å². The molecule has 0 amide bonds. The van der Waals surface area contributed by atoms with Gasteiger partial charge in [-0.1, -0.05) is 50.7 Å². The fourth-order valence-corrected chi connectivity index (χ4v) is 3.09. The van der Waals surface area contributed by atoms with Crippen molar-refractivity contribution >= 4 is 5.97 Å². The number of allylic oxidation sites excluding steroid dienone is 1. The molecule has 1 aliphatic rings. The molecule has 0 saturated carbocycles. The van der Waals surface area contributed by atoms with Crippen LogP contribution >= 0.6 is 0 Å². The largest absolute Gasteiger partial charge is 0.481 e. The van der Waals surface area contributed by atoms with E-state index in [1.54, 1.807) is 0 Å². The number of aliphatic hydroxyl groups excluding tert-OH is 1. The quantitative estimate of drug-likeness (QED) is 0.442. The molecule has 0 spiro atoms. The molecule has 2 unspecified atom stereocenters. The second-order valence-corrected chi connectivity index (χ2v) is 6.02. The van der Waals surface area contributed by atoms with Gasteiger partial charge in [-0.05, 0) is 32.1 Å². The number of carboxylic acids is 1. The number of aliphatic hydroxyl groups is 1. The third-order valence-electron chi connectivity index (χ3n) is 4.40. The van der Waals surface area contributed by atoms with Crippen LogP contribution in [-0.2, 0) is 4.79 Å². The van der Waals surface area contributed by atoms with Crippen LogP contribution in [0.5, 0.6) is 0 Å². The molecule has 2 N–H and O–H groups in total. The summed E-state index contributed by atoms with van der Waals surface area (Å²) in [6.45, 7) is 2.27. The zero-order chi connectivity index (χ0) is 14.8. The lowest BCUT2D eigenvalue weighted by molar-refractivity contribution is -0.142. The Hall–Kier alpha value is -0.830. The van der Waals surface area contributed by atoms with E-state index in [4.69, 9.17) is 0 Å². The minimum atomic E-state index is -0.697. The van der Waals surface area contributed by atoms with Crippen molar-refractivity contribution in [3.05, 3.63) is 11.6 Å². The Kier molecular flexibility index (Phi) is 8.59. The molecule has 0 bridgehead atoms. The molecule has 0 aromatic carbocycles. The lowest BCUT2D eigenvalue weighted by Crippen LogP contribution is -2.21. The maximum atomic E-state index is 11.4. The van der Waals surface area contributed by atoms with Crippen LogP contribution in [0.2, 0.25) is 0 Å². The zero-order valence-corrected chi connectivity index (χ0v) is 12.8. The molecule has 20 heavy (non-hydrogen) atoms. The van der Waals surface area contributed by atoms with Gasteiger partial charge < -0.3 is 10.2 Å². The Bertz CT molecular complexity index is 309. The SMILES string of the molecule is CCCCCCCC(CC(CO)C1=CCCC1)C(=O)O. The molecule has 0 aliphatic heterocycles. The standard InChI is InChI=1S/C17H30O3/c1-2-3-4-5-6-11-15(17(19)20)12-16(13-18)14-9-7-8-10-14/h9,15-16,18H,2-8,10-13H2,1H3,(H,19,20). The van der Waals surface area contributed by atoms with E-state index in [0.717, 1.165) is 38.5 Å². The molecule has 0 heterocycles. The number of rotatable bonds is 11. The molecule has 0 radical (unpaired) electrons. The summed E-state index contributed by atoms with van der Waals surface area (Å²) in [5.74, 6) is -0.929. The summed E-state index contributed by atoms with van der Waals surface area (Å²) in [4.78, 5) is 11.4. The lowest BCUT2D eigenvalue weighted by Gasteiger charge is -2.20. The molecular formula is C17H30O3. The maximum absolute atomic E-state index is 11.4. The molecule has 0 fully saturated rings.